The van der Waals surface area contributed by atoms with Gasteiger partial charge >= 0.3 is 0 Å². The zero-order valence-corrected chi connectivity index (χ0v) is 15.1. The van der Waals surface area contributed by atoms with Crippen molar-refractivity contribution in [2.45, 2.75) is 24.8 Å². The van der Waals surface area contributed by atoms with Crippen LogP contribution in [0.4, 0.5) is 0 Å². The van der Waals surface area contributed by atoms with Crippen LogP contribution in [0.2, 0.25) is 0 Å². The van der Waals surface area contributed by atoms with Crippen molar-refractivity contribution in [1.29, 1.82) is 0 Å². The van der Waals surface area contributed by atoms with E-state index < -0.39 is 10.0 Å². The molecule has 136 valence electrons. The van der Waals surface area contributed by atoms with Crippen molar-refractivity contribution in [2.24, 2.45) is 0 Å². The lowest BCUT2D eigenvalue weighted by Crippen LogP contribution is -2.43. The summed E-state index contributed by atoms with van der Waals surface area (Å²) in [6.45, 7) is 6.19. The van der Waals surface area contributed by atoms with Gasteiger partial charge in [0.15, 0.2) is 5.76 Å². The summed E-state index contributed by atoms with van der Waals surface area (Å²) >= 11 is 0. The van der Waals surface area contributed by atoms with Crippen LogP contribution in [0.3, 0.4) is 0 Å². The SMILES string of the molecule is Cc1noc(C)c1S(=O)(=O)NCC(c1cccnc1)N1CCOCC1. The van der Waals surface area contributed by atoms with Crippen molar-refractivity contribution < 1.29 is 17.7 Å². The molecule has 1 atom stereocenters. The summed E-state index contributed by atoms with van der Waals surface area (Å²) in [6.07, 6.45) is 3.47. The molecule has 0 aromatic carbocycles. The summed E-state index contributed by atoms with van der Waals surface area (Å²) in [5.41, 5.74) is 1.32. The molecule has 1 aliphatic rings. The van der Waals surface area contributed by atoms with Crippen LogP contribution < -0.4 is 4.72 Å². The number of pyridine rings is 1. The highest BCUT2D eigenvalue weighted by molar-refractivity contribution is 7.89. The van der Waals surface area contributed by atoms with E-state index in [4.69, 9.17) is 9.26 Å². The number of aromatic nitrogens is 2. The molecule has 0 saturated carbocycles. The van der Waals surface area contributed by atoms with Gasteiger partial charge in [0.05, 0.1) is 19.3 Å². The topological polar surface area (TPSA) is 97.6 Å². The zero-order valence-electron chi connectivity index (χ0n) is 14.3. The monoisotopic (exact) mass is 366 g/mol. The number of ether oxygens (including phenoxy) is 1. The van der Waals surface area contributed by atoms with Crippen LogP contribution in [0.15, 0.2) is 33.9 Å². The first-order valence-electron chi connectivity index (χ1n) is 8.13. The second-order valence-corrected chi connectivity index (χ2v) is 7.66. The number of sulfonamides is 1. The molecule has 2 aromatic heterocycles. The molecule has 0 radical (unpaired) electrons. The minimum Gasteiger partial charge on any atom is -0.379 e. The average molecular weight is 366 g/mol. The fourth-order valence-corrected chi connectivity index (χ4v) is 4.40. The van der Waals surface area contributed by atoms with E-state index in [9.17, 15) is 8.42 Å². The van der Waals surface area contributed by atoms with E-state index in [0.29, 0.717) is 18.9 Å². The average Bonchev–Trinajstić information content (AvgIpc) is 2.96. The quantitative estimate of drug-likeness (QED) is 0.816. The summed E-state index contributed by atoms with van der Waals surface area (Å²) in [6, 6.07) is 3.69. The number of aryl methyl sites for hydroxylation is 2. The molecule has 1 saturated heterocycles. The fraction of sp³-hybridized carbons (Fsp3) is 0.500. The second-order valence-electron chi connectivity index (χ2n) is 5.96. The first-order valence-corrected chi connectivity index (χ1v) is 9.61. The van der Waals surface area contributed by atoms with Gasteiger partial charge in [0.25, 0.3) is 0 Å². The Morgan fingerprint density at radius 2 is 2.08 bits per heavy atom. The van der Waals surface area contributed by atoms with Crippen molar-refractivity contribution in [3.8, 4) is 0 Å². The van der Waals surface area contributed by atoms with Crippen molar-refractivity contribution in [3.05, 3.63) is 41.5 Å². The molecule has 1 unspecified atom stereocenters. The van der Waals surface area contributed by atoms with Gasteiger partial charge in [-0.05, 0) is 25.5 Å². The first kappa shape index (κ1) is 18.0. The Kier molecular flexibility index (Phi) is 5.48. The number of hydrogen-bond acceptors (Lipinski definition) is 7. The maximum absolute atomic E-state index is 12.7. The molecule has 9 heteroatoms. The third kappa shape index (κ3) is 4.06. The van der Waals surface area contributed by atoms with Gasteiger partial charge in [-0.3, -0.25) is 9.88 Å². The molecular formula is C16H22N4O4S. The van der Waals surface area contributed by atoms with Crippen LogP contribution in [0.5, 0.6) is 0 Å². The molecule has 3 rings (SSSR count). The number of morpholine rings is 1. The minimum absolute atomic E-state index is 0.111. The Labute approximate surface area is 147 Å². The van der Waals surface area contributed by atoms with Gasteiger partial charge in [0.2, 0.25) is 10.0 Å². The lowest BCUT2D eigenvalue weighted by Gasteiger charge is -2.34. The van der Waals surface area contributed by atoms with E-state index in [1.54, 1.807) is 26.2 Å². The maximum Gasteiger partial charge on any atom is 0.246 e. The van der Waals surface area contributed by atoms with Crippen molar-refractivity contribution in [1.82, 2.24) is 19.8 Å². The van der Waals surface area contributed by atoms with Crippen LogP contribution in [0.1, 0.15) is 23.1 Å². The number of nitrogens with one attached hydrogen (secondary N) is 1. The van der Waals surface area contributed by atoms with Crippen LogP contribution >= 0.6 is 0 Å². The van der Waals surface area contributed by atoms with Crippen LogP contribution in [-0.4, -0.2) is 56.3 Å². The number of nitrogens with zero attached hydrogens (tertiary/aromatic N) is 3. The van der Waals surface area contributed by atoms with Gasteiger partial charge in [-0.15, -0.1) is 0 Å². The predicted molar refractivity (Wildman–Crippen MR) is 90.5 cm³/mol. The fourth-order valence-electron chi connectivity index (χ4n) is 3.04. The highest BCUT2D eigenvalue weighted by Crippen LogP contribution is 2.23. The summed E-state index contributed by atoms with van der Waals surface area (Å²) in [5.74, 6) is 0.286. The van der Waals surface area contributed by atoms with E-state index in [1.165, 1.54) is 0 Å². The molecule has 3 heterocycles. The van der Waals surface area contributed by atoms with Gasteiger partial charge in [-0.1, -0.05) is 11.2 Å². The largest absolute Gasteiger partial charge is 0.379 e. The molecule has 25 heavy (non-hydrogen) atoms. The van der Waals surface area contributed by atoms with Crippen molar-refractivity contribution in [2.75, 3.05) is 32.8 Å². The molecule has 1 N–H and O–H groups in total. The van der Waals surface area contributed by atoms with Gasteiger partial charge in [-0.25, -0.2) is 13.1 Å². The third-order valence-electron chi connectivity index (χ3n) is 4.26. The van der Waals surface area contributed by atoms with Crippen LogP contribution in [0.25, 0.3) is 0 Å². The van der Waals surface area contributed by atoms with Gasteiger partial charge in [0.1, 0.15) is 10.6 Å². The highest BCUT2D eigenvalue weighted by Gasteiger charge is 2.28. The lowest BCUT2D eigenvalue weighted by atomic mass is 10.1. The number of rotatable bonds is 6. The third-order valence-corrected chi connectivity index (χ3v) is 5.93. The van der Waals surface area contributed by atoms with Gasteiger partial charge in [0, 0.05) is 32.0 Å². The maximum atomic E-state index is 12.7. The van der Waals surface area contributed by atoms with Crippen LogP contribution in [-0.2, 0) is 14.8 Å². The Bertz CT molecular complexity index is 781. The normalized spacial score (nSPS) is 17.5. The molecule has 1 fully saturated rings. The smallest absolute Gasteiger partial charge is 0.246 e. The Morgan fingerprint density at radius 1 is 1.32 bits per heavy atom. The summed E-state index contributed by atoms with van der Waals surface area (Å²) in [7, 11) is -3.70. The molecular weight excluding hydrogens is 344 g/mol. The van der Waals surface area contributed by atoms with E-state index in [-0.39, 0.29) is 23.2 Å². The highest BCUT2D eigenvalue weighted by atomic mass is 32.2. The minimum atomic E-state index is -3.70. The molecule has 0 bridgehead atoms. The van der Waals surface area contributed by atoms with Crippen molar-refractivity contribution >= 4 is 10.0 Å². The van der Waals surface area contributed by atoms with E-state index >= 15 is 0 Å². The second kappa shape index (κ2) is 7.61. The van der Waals surface area contributed by atoms with Gasteiger partial charge < -0.3 is 9.26 Å². The number of hydrogen-bond donors (Lipinski definition) is 1. The lowest BCUT2D eigenvalue weighted by molar-refractivity contribution is 0.0171. The standard InChI is InChI=1S/C16H22N4O4S/c1-12-16(13(2)24-19-12)25(21,22)18-11-15(14-4-3-5-17-10-14)20-6-8-23-9-7-20/h3-5,10,15,18H,6-9,11H2,1-2H3. The Balaban J connectivity index is 1.81. The molecule has 2 aromatic rings. The summed E-state index contributed by atoms with van der Waals surface area (Å²) in [5, 5.41) is 3.73. The molecule has 0 aliphatic carbocycles. The van der Waals surface area contributed by atoms with E-state index in [2.05, 4.69) is 19.8 Å². The first-order chi connectivity index (χ1) is 12.0. The summed E-state index contributed by atoms with van der Waals surface area (Å²) < 4.78 is 38.5. The molecule has 0 amide bonds. The Hall–Kier alpha value is -1.81. The van der Waals surface area contributed by atoms with Crippen LogP contribution in [0, 0.1) is 13.8 Å². The van der Waals surface area contributed by atoms with E-state index in [0.717, 1.165) is 18.7 Å². The molecule has 8 nitrogen and oxygen atoms in total. The van der Waals surface area contributed by atoms with E-state index in [1.807, 2.05) is 12.1 Å². The Morgan fingerprint density at radius 3 is 2.68 bits per heavy atom. The predicted octanol–water partition coefficient (Wildman–Crippen LogP) is 1.04. The van der Waals surface area contributed by atoms with Gasteiger partial charge in [-0.2, -0.15) is 0 Å². The summed E-state index contributed by atoms with van der Waals surface area (Å²) in [4.78, 5) is 6.48. The molecule has 0 spiro atoms. The zero-order chi connectivity index (χ0) is 17.9. The van der Waals surface area contributed by atoms with Crippen molar-refractivity contribution in [3.63, 3.8) is 0 Å². The molecule has 1 aliphatic heterocycles.